The van der Waals surface area contributed by atoms with Gasteiger partial charge in [0.15, 0.2) is 5.82 Å². The molecule has 1 aliphatic rings. The first kappa shape index (κ1) is 18.6. The van der Waals surface area contributed by atoms with E-state index in [1.807, 2.05) is 42.5 Å². The van der Waals surface area contributed by atoms with Crippen LogP contribution in [0.25, 0.3) is 21.7 Å². The molecule has 8 heteroatoms. The molecule has 1 N–H and O–H groups in total. The first-order chi connectivity index (χ1) is 14.5. The number of fused-ring (bicyclic) bond motifs is 4. The van der Waals surface area contributed by atoms with Crippen LogP contribution in [-0.4, -0.2) is 21.0 Å². The average Bonchev–Trinajstić information content (AvgIpc) is 2.76. The summed E-state index contributed by atoms with van der Waals surface area (Å²) in [7, 11) is 0. The zero-order valence-corrected chi connectivity index (χ0v) is 16.6. The second-order valence-corrected chi connectivity index (χ2v) is 7.73. The highest BCUT2D eigenvalue weighted by Gasteiger charge is 2.25. The third-order valence-corrected chi connectivity index (χ3v) is 5.84. The Kier molecular flexibility index (Phi) is 4.40. The quantitative estimate of drug-likeness (QED) is 0.228. The number of hydrogen-bond donors (Lipinski definition) is 1. The molecule has 1 aliphatic heterocycles. The first-order valence-corrected chi connectivity index (χ1v) is 10.0. The molecule has 0 spiro atoms. The molecule has 0 fully saturated rings. The lowest BCUT2D eigenvalue weighted by atomic mass is 10.0. The van der Waals surface area contributed by atoms with E-state index in [0.717, 1.165) is 28.1 Å². The Morgan fingerprint density at radius 3 is 2.77 bits per heavy atom. The van der Waals surface area contributed by atoms with Crippen LogP contribution in [-0.2, 0) is 13.0 Å². The van der Waals surface area contributed by atoms with Crippen LogP contribution >= 0.6 is 11.6 Å². The molecule has 3 heterocycles. The number of anilines is 1. The van der Waals surface area contributed by atoms with Crippen LogP contribution in [0.15, 0.2) is 53.3 Å². The molecule has 4 aromatic rings. The molecule has 2 aromatic heterocycles. The van der Waals surface area contributed by atoms with Gasteiger partial charge in [0.2, 0.25) is 0 Å². The van der Waals surface area contributed by atoms with E-state index in [4.69, 9.17) is 11.6 Å². The lowest BCUT2D eigenvalue weighted by molar-refractivity contribution is -0.384. The fourth-order valence-corrected chi connectivity index (χ4v) is 4.28. The van der Waals surface area contributed by atoms with Crippen molar-refractivity contribution >= 4 is 44.8 Å². The summed E-state index contributed by atoms with van der Waals surface area (Å²) >= 11 is 6.49. The lowest BCUT2D eigenvalue weighted by Crippen LogP contribution is -2.32. The number of rotatable bonds is 3. The number of pyridine rings is 2. The number of nitro groups is 1. The van der Waals surface area contributed by atoms with Crippen molar-refractivity contribution in [2.75, 3.05) is 11.9 Å². The van der Waals surface area contributed by atoms with Crippen molar-refractivity contribution in [1.29, 1.82) is 0 Å². The van der Waals surface area contributed by atoms with Crippen LogP contribution < -0.4 is 10.9 Å². The van der Waals surface area contributed by atoms with Crippen LogP contribution in [0.4, 0.5) is 11.5 Å². The SMILES string of the molecule is O=c1c(Cc2cc3ccc4ccccc4c3nc2Cl)cc([N+](=O)[O-])c2n1CCCN2. The molecule has 0 unspecified atom stereocenters. The predicted molar refractivity (Wildman–Crippen MR) is 118 cm³/mol. The molecule has 0 bridgehead atoms. The number of nitrogens with zero attached hydrogens (tertiary/aromatic N) is 3. The van der Waals surface area contributed by atoms with E-state index in [2.05, 4.69) is 10.3 Å². The van der Waals surface area contributed by atoms with Gasteiger partial charge >= 0.3 is 5.69 Å². The summed E-state index contributed by atoms with van der Waals surface area (Å²) in [6.45, 7) is 1.06. The maximum absolute atomic E-state index is 13.0. The van der Waals surface area contributed by atoms with Gasteiger partial charge in [0, 0.05) is 41.9 Å². The largest absolute Gasteiger partial charge is 0.366 e. The van der Waals surface area contributed by atoms with Gasteiger partial charge in [0.25, 0.3) is 5.56 Å². The Morgan fingerprint density at radius 1 is 1.13 bits per heavy atom. The summed E-state index contributed by atoms with van der Waals surface area (Å²) in [5, 5.41) is 17.8. The van der Waals surface area contributed by atoms with Crippen molar-refractivity contribution in [3.05, 3.63) is 85.3 Å². The Morgan fingerprint density at radius 2 is 1.93 bits per heavy atom. The van der Waals surface area contributed by atoms with Crippen LogP contribution in [0.1, 0.15) is 17.5 Å². The molecular weight excluding hydrogens is 404 g/mol. The van der Waals surface area contributed by atoms with Gasteiger partial charge < -0.3 is 5.32 Å². The highest BCUT2D eigenvalue weighted by molar-refractivity contribution is 6.31. The number of hydrogen-bond acceptors (Lipinski definition) is 5. The van der Waals surface area contributed by atoms with Gasteiger partial charge in [-0.05, 0) is 23.4 Å². The smallest absolute Gasteiger partial charge is 0.310 e. The molecule has 0 radical (unpaired) electrons. The second-order valence-electron chi connectivity index (χ2n) is 7.37. The zero-order chi connectivity index (χ0) is 20.8. The predicted octanol–water partition coefficient (Wildman–Crippen LogP) is 4.52. The number of benzene rings is 2. The van der Waals surface area contributed by atoms with Gasteiger partial charge in [-0.1, -0.05) is 48.0 Å². The minimum Gasteiger partial charge on any atom is -0.366 e. The fourth-order valence-electron chi connectivity index (χ4n) is 4.08. The molecule has 30 heavy (non-hydrogen) atoms. The monoisotopic (exact) mass is 420 g/mol. The van der Waals surface area contributed by atoms with Crippen LogP contribution in [0.3, 0.4) is 0 Å². The minimum atomic E-state index is -0.459. The summed E-state index contributed by atoms with van der Waals surface area (Å²) in [4.78, 5) is 28.7. The van der Waals surface area contributed by atoms with Gasteiger partial charge in [-0.3, -0.25) is 19.5 Å². The van der Waals surface area contributed by atoms with Crippen LogP contribution in [0, 0.1) is 10.1 Å². The van der Waals surface area contributed by atoms with Gasteiger partial charge in [0.05, 0.1) is 10.4 Å². The van der Waals surface area contributed by atoms with Gasteiger partial charge in [-0.15, -0.1) is 0 Å². The molecule has 0 saturated carbocycles. The van der Waals surface area contributed by atoms with Crippen molar-refractivity contribution in [2.45, 2.75) is 19.4 Å². The number of aromatic nitrogens is 2. The number of nitrogens with one attached hydrogen (secondary N) is 1. The van der Waals surface area contributed by atoms with Crippen molar-refractivity contribution in [2.24, 2.45) is 0 Å². The minimum absolute atomic E-state index is 0.0971. The van der Waals surface area contributed by atoms with E-state index >= 15 is 0 Å². The molecular formula is C22H17ClN4O3. The maximum atomic E-state index is 13.0. The van der Waals surface area contributed by atoms with E-state index in [9.17, 15) is 14.9 Å². The summed E-state index contributed by atoms with van der Waals surface area (Å²) in [6.07, 6.45) is 0.910. The van der Waals surface area contributed by atoms with E-state index < -0.39 is 4.92 Å². The van der Waals surface area contributed by atoms with Gasteiger partial charge in [0.1, 0.15) is 5.15 Å². The fraction of sp³-hybridized carbons (Fsp3) is 0.182. The Hall–Kier alpha value is -3.45. The van der Waals surface area contributed by atoms with Crippen LogP contribution in [0.2, 0.25) is 5.15 Å². The van der Waals surface area contributed by atoms with Crippen LogP contribution in [0.5, 0.6) is 0 Å². The summed E-state index contributed by atoms with van der Waals surface area (Å²) in [5.74, 6) is 0.272. The molecule has 0 amide bonds. The topological polar surface area (TPSA) is 90.1 Å². The highest BCUT2D eigenvalue weighted by Crippen LogP contribution is 2.30. The molecule has 0 atom stereocenters. The first-order valence-electron chi connectivity index (χ1n) is 9.65. The van der Waals surface area contributed by atoms with E-state index in [1.165, 1.54) is 10.6 Å². The highest BCUT2D eigenvalue weighted by atomic mass is 35.5. The van der Waals surface area contributed by atoms with Gasteiger partial charge in [-0.2, -0.15) is 0 Å². The molecule has 5 rings (SSSR count). The van der Waals surface area contributed by atoms with Crippen molar-refractivity contribution in [1.82, 2.24) is 9.55 Å². The zero-order valence-electron chi connectivity index (χ0n) is 15.9. The second kappa shape index (κ2) is 7.11. The normalized spacial score (nSPS) is 13.2. The molecule has 150 valence electrons. The van der Waals surface area contributed by atoms with E-state index in [-0.39, 0.29) is 23.5 Å². The Labute approximate surface area is 176 Å². The number of halogens is 1. The standard InChI is InChI=1S/C22H17ClN4O3/c23-20-15(10-14-7-6-13-4-1-2-5-17(13)19(14)25-20)11-16-12-18(27(29)30)21-24-8-3-9-26(21)22(16)28/h1-2,4-7,10,12,24H,3,8-9,11H2. The van der Waals surface area contributed by atoms with E-state index in [1.54, 1.807) is 0 Å². The molecule has 0 saturated heterocycles. The van der Waals surface area contributed by atoms with Crippen molar-refractivity contribution < 1.29 is 4.92 Å². The molecule has 2 aromatic carbocycles. The summed E-state index contributed by atoms with van der Waals surface area (Å²) < 4.78 is 1.45. The third kappa shape index (κ3) is 2.98. The van der Waals surface area contributed by atoms with Gasteiger partial charge in [-0.25, -0.2) is 4.98 Å². The average molecular weight is 421 g/mol. The summed E-state index contributed by atoms with van der Waals surface area (Å²) in [5.41, 5.74) is 1.45. The third-order valence-electron chi connectivity index (χ3n) is 5.51. The molecule has 7 nitrogen and oxygen atoms in total. The molecule has 0 aliphatic carbocycles. The lowest BCUT2D eigenvalue weighted by Gasteiger charge is -2.20. The summed E-state index contributed by atoms with van der Waals surface area (Å²) in [6, 6.07) is 15.2. The van der Waals surface area contributed by atoms with E-state index in [0.29, 0.717) is 29.4 Å². The Bertz CT molecular complexity index is 1400. The Balaban J connectivity index is 1.65. The van der Waals surface area contributed by atoms with Crippen molar-refractivity contribution in [3.63, 3.8) is 0 Å². The maximum Gasteiger partial charge on any atom is 0.310 e. The van der Waals surface area contributed by atoms with Crippen molar-refractivity contribution in [3.8, 4) is 0 Å².